The van der Waals surface area contributed by atoms with Gasteiger partial charge in [-0.1, -0.05) is 60.2 Å². The van der Waals surface area contributed by atoms with Crippen molar-refractivity contribution in [3.8, 4) is 0 Å². The number of rotatable bonds is 9. The Morgan fingerprint density at radius 1 is 1.37 bits per heavy atom. The number of carbonyl (C=O) groups excluding carboxylic acids is 1. The topological polar surface area (TPSA) is 89.0 Å². The molecule has 0 radical (unpaired) electrons. The Hall–Kier alpha value is -2.27. The minimum Gasteiger partial charge on any atom is -0.345 e. The number of halogens is 1. The highest BCUT2D eigenvalue weighted by atomic mass is 35.5. The zero-order valence-corrected chi connectivity index (χ0v) is 21.7. The molecule has 0 aromatic heterocycles. The number of benzene rings is 1. The van der Waals surface area contributed by atoms with E-state index in [0.717, 1.165) is 40.4 Å². The lowest BCUT2D eigenvalue weighted by Gasteiger charge is -2.21. The van der Waals surface area contributed by atoms with E-state index in [1.807, 2.05) is 55.5 Å². The number of amidine groups is 1. The molecule has 184 valence electrons. The van der Waals surface area contributed by atoms with Gasteiger partial charge in [-0.25, -0.2) is 4.72 Å². The minimum absolute atomic E-state index is 0.0440. The molecule has 35 heavy (non-hydrogen) atoms. The molecular weight excluding hydrogens is 502 g/mol. The number of hydrogen-bond acceptors (Lipinski definition) is 8. The number of hydrogen-bond donors (Lipinski definition) is 4. The van der Waals surface area contributed by atoms with Crippen LogP contribution in [-0.2, 0) is 11.2 Å². The molecule has 7 nitrogen and oxygen atoms in total. The van der Waals surface area contributed by atoms with Gasteiger partial charge in [0.25, 0.3) is 0 Å². The first-order valence-electron chi connectivity index (χ1n) is 11.3. The fraction of sp³-hybridized carbons (Fsp3) is 0.280. The van der Waals surface area contributed by atoms with Gasteiger partial charge >= 0.3 is 0 Å². The number of aliphatic imine (C=N–C) groups is 1. The zero-order valence-electron chi connectivity index (χ0n) is 19.3. The average molecular weight is 530 g/mol. The molecular formula is C25H28ClN5O2S2. The summed E-state index contributed by atoms with van der Waals surface area (Å²) in [7, 11) is 0. The van der Waals surface area contributed by atoms with E-state index in [2.05, 4.69) is 33.7 Å². The standard InChI is InChI=1S/C25H28ClN5O2S2/c1-2-3-7-20-16-27-25(28-20)22(30-34-21-8-5-4-6-19(26)14-21)13-17-9-11-18(12-10-17)23-15-24(32)29-31(23)35-33/h2-7,9-12,14,22-23,30,33H,8,13,15-16H2,1H3,(H,27,28)(H,29,32)/b3-2-,20-7+. The molecule has 1 aromatic carbocycles. The van der Waals surface area contributed by atoms with Gasteiger partial charge in [0.15, 0.2) is 0 Å². The highest BCUT2D eigenvalue weighted by molar-refractivity contribution is 8.01. The lowest BCUT2D eigenvalue weighted by molar-refractivity contribution is -0.120. The molecule has 1 aromatic rings. The predicted octanol–water partition coefficient (Wildman–Crippen LogP) is 5.16. The molecule has 2 heterocycles. The molecule has 4 N–H and O–H groups in total. The Morgan fingerprint density at radius 3 is 2.97 bits per heavy atom. The summed E-state index contributed by atoms with van der Waals surface area (Å²) in [4.78, 5) is 17.6. The summed E-state index contributed by atoms with van der Waals surface area (Å²) in [6.07, 6.45) is 15.8. The first-order valence-corrected chi connectivity index (χ1v) is 13.3. The van der Waals surface area contributed by atoms with Crippen LogP contribution in [0.1, 0.15) is 36.9 Å². The Labute approximate surface area is 219 Å². The van der Waals surface area contributed by atoms with Crippen molar-refractivity contribution in [3.63, 3.8) is 0 Å². The van der Waals surface area contributed by atoms with Crippen molar-refractivity contribution in [1.82, 2.24) is 19.9 Å². The van der Waals surface area contributed by atoms with E-state index >= 15 is 0 Å². The molecule has 4 rings (SSSR count). The Kier molecular flexibility index (Phi) is 9.31. The number of nitrogens with one attached hydrogen (secondary N) is 3. The minimum atomic E-state index is -0.204. The average Bonchev–Trinajstić information content (AvgIpc) is 3.43. The zero-order chi connectivity index (χ0) is 24.6. The predicted molar refractivity (Wildman–Crippen MR) is 146 cm³/mol. The van der Waals surface area contributed by atoms with Gasteiger partial charge in [0.05, 0.1) is 25.0 Å². The third-order valence-corrected chi connectivity index (χ3v) is 7.36. The molecule has 0 spiro atoms. The van der Waals surface area contributed by atoms with Crippen LogP contribution >= 0.6 is 35.8 Å². The van der Waals surface area contributed by atoms with Crippen molar-refractivity contribution in [2.24, 2.45) is 4.99 Å². The second-order valence-corrected chi connectivity index (χ2v) is 10.2. The quantitative estimate of drug-likeness (QED) is 0.259. The first kappa shape index (κ1) is 25.8. The van der Waals surface area contributed by atoms with Crippen molar-refractivity contribution >= 4 is 47.5 Å². The molecule has 2 atom stereocenters. The van der Waals surface area contributed by atoms with Crippen molar-refractivity contribution in [1.29, 1.82) is 0 Å². The van der Waals surface area contributed by atoms with Crippen LogP contribution in [0, 0.1) is 0 Å². The first-order chi connectivity index (χ1) is 17.1. The molecule has 0 saturated carbocycles. The molecule has 3 aliphatic rings. The van der Waals surface area contributed by atoms with Crippen LogP contribution in [0.15, 0.2) is 87.4 Å². The van der Waals surface area contributed by atoms with E-state index in [0.29, 0.717) is 30.2 Å². The van der Waals surface area contributed by atoms with Gasteiger partial charge in [0.1, 0.15) is 18.1 Å². The van der Waals surface area contributed by atoms with Crippen LogP contribution in [0.3, 0.4) is 0 Å². The van der Waals surface area contributed by atoms with E-state index in [9.17, 15) is 9.35 Å². The summed E-state index contributed by atoms with van der Waals surface area (Å²) >= 11 is 8.35. The van der Waals surface area contributed by atoms with Gasteiger partial charge in [-0.05, 0) is 61.1 Å². The summed E-state index contributed by atoms with van der Waals surface area (Å²) in [6.45, 7) is 2.61. The molecule has 2 unspecified atom stereocenters. The maximum Gasteiger partial charge on any atom is 0.237 e. The third-order valence-electron chi connectivity index (χ3n) is 5.66. The lowest BCUT2D eigenvalue weighted by atomic mass is 10.00. The highest BCUT2D eigenvalue weighted by Crippen LogP contribution is 2.32. The SMILES string of the molecule is C/C=C\C=C1/CN=C(C(Cc2ccc(C3CC(=O)NN3SO)cc2)NSC2=CC(Cl)=CC=CC2)N1. The van der Waals surface area contributed by atoms with Crippen LogP contribution in [-0.4, -0.2) is 33.3 Å². The van der Waals surface area contributed by atoms with Crippen LogP contribution in [0.2, 0.25) is 0 Å². The van der Waals surface area contributed by atoms with Gasteiger partial charge < -0.3 is 9.87 Å². The largest absolute Gasteiger partial charge is 0.345 e. The molecule has 1 saturated heterocycles. The molecule has 1 fully saturated rings. The third kappa shape index (κ3) is 7.13. The van der Waals surface area contributed by atoms with Gasteiger partial charge in [-0.2, -0.15) is 0 Å². The highest BCUT2D eigenvalue weighted by Gasteiger charge is 2.32. The molecule has 2 aliphatic heterocycles. The number of allylic oxidation sites excluding steroid dienone is 9. The normalized spacial score (nSPS) is 22.6. The van der Waals surface area contributed by atoms with Crippen LogP contribution in [0.25, 0.3) is 0 Å². The number of amides is 1. The lowest BCUT2D eigenvalue weighted by Crippen LogP contribution is -2.40. The fourth-order valence-electron chi connectivity index (χ4n) is 3.88. The van der Waals surface area contributed by atoms with Crippen molar-refractivity contribution < 1.29 is 9.35 Å². The number of hydrazine groups is 1. The van der Waals surface area contributed by atoms with Gasteiger partial charge in [0.2, 0.25) is 5.91 Å². The Bertz CT molecular complexity index is 1110. The molecule has 1 amide bonds. The van der Waals surface area contributed by atoms with Crippen LogP contribution in [0.4, 0.5) is 0 Å². The maximum atomic E-state index is 11.8. The van der Waals surface area contributed by atoms with Crippen molar-refractivity contribution in [3.05, 3.63) is 93.6 Å². The molecule has 10 heteroatoms. The summed E-state index contributed by atoms with van der Waals surface area (Å²) in [5.41, 5.74) is 5.81. The monoisotopic (exact) mass is 529 g/mol. The van der Waals surface area contributed by atoms with Gasteiger partial charge in [-0.3, -0.25) is 15.2 Å². The Morgan fingerprint density at radius 2 is 2.20 bits per heavy atom. The van der Waals surface area contributed by atoms with E-state index < -0.39 is 0 Å². The van der Waals surface area contributed by atoms with E-state index in [1.165, 1.54) is 4.41 Å². The van der Waals surface area contributed by atoms with Crippen LogP contribution < -0.4 is 15.5 Å². The number of carbonyl (C=O) groups is 1. The second kappa shape index (κ2) is 12.6. The summed E-state index contributed by atoms with van der Waals surface area (Å²) in [5.74, 6) is 0.795. The van der Waals surface area contributed by atoms with Crippen molar-refractivity contribution in [2.45, 2.75) is 38.3 Å². The fourth-order valence-corrected chi connectivity index (χ4v) is 5.46. The van der Waals surface area contributed by atoms with Gasteiger partial charge in [0, 0.05) is 15.6 Å². The summed E-state index contributed by atoms with van der Waals surface area (Å²) < 4.78 is 14.5. The van der Waals surface area contributed by atoms with E-state index in [-0.39, 0.29) is 18.0 Å². The smallest absolute Gasteiger partial charge is 0.237 e. The molecule has 0 bridgehead atoms. The molecule has 1 aliphatic carbocycles. The van der Waals surface area contributed by atoms with Gasteiger partial charge in [-0.15, -0.1) is 4.41 Å². The Balaban J connectivity index is 1.47. The maximum absolute atomic E-state index is 11.8. The summed E-state index contributed by atoms with van der Waals surface area (Å²) in [5, 5.41) is 4.17. The number of nitrogens with zero attached hydrogens (tertiary/aromatic N) is 2. The summed E-state index contributed by atoms with van der Waals surface area (Å²) in [6, 6.07) is 7.91. The second-order valence-electron chi connectivity index (χ2n) is 8.22. The van der Waals surface area contributed by atoms with Crippen LogP contribution in [0.5, 0.6) is 0 Å². The van der Waals surface area contributed by atoms with Crippen molar-refractivity contribution in [2.75, 3.05) is 6.54 Å². The van der Waals surface area contributed by atoms with E-state index in [4.69, 9.17) is 16.6 Å². The van der Waals surface area contributed by atoms with E-state index in [1.54, 1.807) is 11.9 Å².